The molecule has 1 amide bonds. The molecule has 0 radical (unpaired) electrons. The van der Waals surface area contributed by atoms with Crippen molar-refractivity contribution in [3.63, 3.8) is 0 Å². The third-order valence-corrected chi connectivity index (χ3v) is 6.28. The summed E-state index contributed by atoms with van der Waals surface area (Å²) in [6.45, 7) is 1.95. The fourth-order valence-electron chi connectivity index (χ4n) is 3.44. The van der Waals surface area contributed by atoms with Crippen LogP contribution in [0.3, 0.4) is 0 Å². The monoisotopic (exact) mass is 371 g/mol. The number of fused-ring (bicyclic) bond motifs is 2. The van der Waals surface area contributed by atoms with Gasteiger partial charge in [0.25, 0.3) is 0 Å². The lowest BCUT2D eigenvalue weighted by molar-refractivity contribution is -0.116. The molecule has 0 bridgehead atoms. The third-order valence-electron chi connectivity index (χ3n) is 4.88. The number of hydrogen-bond acceptors (Lipinski definition) is 4. The summed E-state index contributed by atoms with van der Waals surface area (Å²) in [6, 6.07) is 10.9. The molecule has 2 aromatic carbocycles. The zero-order valence-corrected chi connectivity index (χ0v) is 15.2. The van der Waals surface area contributed by atoms with Gasteiger partial charge in [0.05, 0.1) is 4.90 Å². The van der Waals surface area contributed by atoms with Gasteiger partial charge < -0.3 is 10.6 Å². The Hall–Kier alpha value is -2.22. The lowest BCUT2D eigenvalue weighted by atomic mass is 10.1. The highest BCUT2D eigenvalue weighted by molar-refractivity contribution is 7.89. The lowest BCUT2D eigenvalue weighted by Gasteiger charge is -2.11. The second-order valence-electron chi connectivity index (χ2n) is 6.75. The molecule has 2 aromatic rings. The van der Waals surface area contributed by atoms with Crippen molar-refractivity contribution in [2.75, 3.05) is 5.32 Å². The van der Waals surface area contributed by atoms with E-state index >= 15 is 0 Å². The van der Waals surface area contributed by atoms with Gasteiger partial charge in [0, 0.05) is 31.7 Å². The van der Waals surface area contributed by atoms with E-state index in [1.165, 1.54) is 11.1 Å². The Morgan fingerprint density at radius 2 is 1.81 bits per heavy atom. The molecule has 2 aliphatic heterocycles. The maximum atomic E-state index is 12.7. The molecule has 7 heteroatoms. The van der Waals surface area contributed by atoms with E-state index in [2.05, 4.69) is 15.4 Å². The van der Waals surface area contributed by atoms with Crippen LogP contribution in [0.15, 0.2) is 41.3 Å². The summed E-state index contributed by atoms with van der Waals surface area (Å²) in [5.74, 6) is -0.0245. The van der Waals surface area contributed by atoms with Crippen LogP contribution in [0.5, 0.6) is 0 Å². The second kappa shape index (κ2) is 6.83. The van der Waals surface area contributed by atoms with E-state index in [4.69, 9.17) is 0 Å². The molecule has 3 N–H and O–H groups in total. The zero-order chi connectivity index (χ0) is 18.1. The first-order valence-corrected chi connectivity index (χ1v) is 10.2. The summed E-state index contributed by atoms with van der Waals surface area (Å²) in [6.07, 6.45) is 1.87. The van der Waals surface area contributed by atoms with Crippen molar-refractivity contribution in [1.82, 2.24) is 10.0 Å². The van der Waals surface area contributed by atoms with Crippen LogP contribution in [0.25, 0.3) is 0 Å². The quantitative estimate of drug-likeness (QED) is 0.768. The maximum absolute atomic E-state index is 12.7. The van der Waals surface area contributed by atoms with Crippen molar-refractivity contribution >= 4 is 21.6 Å². The Bertz CT molecular complexity index is 970. The summed E-state index contributed by atoms with van der Waals surface area (Å²) < 4.78 is 28.0. The molecule has 0 fully saturated rings. The van der Waals surface area contributed by atoms with Gasteiger partial charge in [-0.2, -0.15) is 0 Å². The standard InChI is InChI=1S/C19H21N3O3S/c23-19-3-1-2-14-9-17(6-7-18(14)22-19)26(24,25)21-10-13-4-5-15-11-20-12-16(15)8-13/h4-9,20-21H,1-3,10-12H2,(H,22,23). The van der Waals surface area contributed by atoms with Crippen molar-refractivity contribution in [3.05, 3.63) is 58.7 Å². The minimum Gasteiger partial charge on any atom is -0.326 e. The number of amides is 1. The number of benzene rings is 2. The van der Waals surface area contributed by atoms with E-state index < -0.39 is 10.0 Å². The Labute approximate surface area is 153 Å². The third kappa shape index (κ3) is 3.51. The maximum Gasteiger partial charge on any atom is 0.240 e. The summed E-state index contributed by atoms with van der Waals surface area (Å²) in [4.78, 5) is 11.9. The topological polar surface area (TPSA) is 87.3 Å². The van der Waals surface area contributed by atoms with Crippen LogP contribution < -0.4 is 15.4 Å². The smallest absolute Gasteiger partial charge is 0.240 e. The highest BCUT2D eigenvalue weighted by Crippen LogP contribution is 2.25. The second-order valence-corrected chi connectivity index (χ2v) is 8.52. The molecule has 0 atom stereocenters. The van der Waals surface area contributed by atoms with E-state index in [0.29, 0.717) is 18.5 Å². The number of carbonyl (C=O) groups is 1. The van der Waals surface area contributed by atoms with Crippen LogP contribution >= 0.6 is 0 Å². The predicted molar refractivity (Wildman–Crippen MR) is 99.0 cm³/mol. The van der Waals surface area contributed by atoms with Crippen LogP contribution in [0, 0.1) is 0 Å². The molecule has 26 heavy (non-hydrogen) atoms. The number of aryl methyl sites for hydroxylation is 1. The molecular formula is C19H21N3O3S. The average Bonchev–Trinajstić information content (AvgIpc) is 3.00. The van der Waals surface area contributed by atoms with Crippen molar-refractivity contribution in [1.29, 1.82) is 0 Å². The molecule has 0 spiro atoms. The molecule has 0 saturated carbocycles. The molecule has 2 heterocycles. The normalized spacial score (nSPS) is 16.5. The first kappa shape index (κ1) is 17.2. The molecule has 0 aliphatic carbocycles. The Morgan fingerprint density at radius 3 is 2.69 bits per heavy atom. The van der Waals surface area contributed by atoms with Gasteiger partial charge in [0.2, 0.25) is 15.9 Å². The number of rotatable bonds is 4. The number of nitrogens with one attached hydrogen (secondary N) is 3. The Balaban J connectivity index is 1.51. The summed E-state index contributed by atoms with van der Waals surface area (Å²) in [5, 5.41) is 6.10. The van der Waals surface area contributed by atoms with E-state index in [1.807, 2.05) is 18.2 Å². The molecule has 2 aliphatic rings. The molecular weight excluding hydrogens is 350 g/mol. The summed E-state index contributed by atoms with van der Waals surface area (Å²) in [5.41, 5.74) is 5.00. The molecule has 6 nitrogen and oxygen atoms in total. The fourth-order valence-corrected chi connectivity index (χ4v) is 4.51. The Kier molecular flexibility index (Phi) is 4.52. The summed E-state index contributed by atoms with van der Waals surface area (Å²) in [7, 11) is -3.61. The lowest BCUT2D eigenvalue weighted by Crippen LogP contribution is -2.23. The van der Waals surface area contributed by atoms with Crippen molar-refractivity contribution < 1.29 is 13.2 Å². The highest BCUT2D eigenvalue weighted by atomic mass is 32.2. The highest BCUT2D eigenvalue weighted by Gasteiger charge is 2.19. The molecule has 136 valence electrons. The fraction of sp³-hybridized carbons (Fsp3) is 0.316. The van der Waals surface area contributed by atoms with Crippen molar-refractivity contribution in [3.8, 4) is 0 Å². The van der Waals surface area contributed by atoms with Crippen molar-refractivity contribution in [2.45, 2.75) is 43.8 Å². The van der Waals surface area contributed by atoms with Gasteiger partial charge in [-0.3, -0.25) is 4.79 Å². The van der Waals surface area contributed by atoms with Gasteiger partial charge in [-0.25, -0.2) is 13.1 Å². The van der Waals surface area contributed by atoms with E-state index in [1.54, 1.807) is 18.2 Å². The van der Waals surface area contributed by atoms with E-state index in [-0.39, 0.29) is 17.3 Å². The first-order valence-electron chi connectivity index (χ1n) is 8.75. The van der Waals surface area contributed by atoms with Gasteiger partial charge in [0.1, 0.15) is 0 Å². The van der Waals surface area contributed by atoms with Gasteiger partial charge in [-0.15, -0.1) is 0 Å². The van der Waals surface area contributed by atoms with Crippen LogP contribution in [0.4, 0.5) is 5.69 Å². The minimum absolute atomic E-state index is 0.0245. The van der Waals surface area contributed by atoms with E-state index in [0.717, 1.165) is 30.6 Å². The number of anilines is 1. The Morgan fingerprint density at radius 1 is 0.962 bits per heavy atom. The SMILES string of the molecule is O=C1CCCc2cc(S(=O)(=O)NCc3ccc4c(c3)CNC4)ccc2N1. The molecule has 0 saturated heterocycles. The van der Waals surface area contributed by atoms with Gasteiger partial charge >= 0.3 is 0 Å². The molecule has 4 rings (SSSR count). The minimum atomic E-state index is -3.61. The van der Waals surface area contributed by atoms with Gasteiger partial charge in [0.15, 0.2) is 0 Å². The first-order chi connectivity index (χ1) is 12.5. The summed E-state index contributed by atoms with van der Waals surface area (Å²) >= 11 is 0. The van der Waals surface area contributed by atoms with Gasteiger partial charge in [-0.1, -0.05) is 18.2 Å². The van der Waals surface area contributed by atoms with Gasteiger partial charge in [-0.05, 0) is 53.3 Å². The van der Waals surface area contributed by atoms with Crippen LogP contribution in [0.2, 0.25) is 0 Å². The van der Waals surface area contributed by atoms with Crippen LogP contribution in [0.1, 0.15) is 35.1 Å². The molecule has 0 unspecified atom stereocenters. The van der Waals surface area contributed by atoms with Crippen LogP contribution in [-0.2, 0) is 40.9 Å². The largest absolute Gasteiger partial charge is 0.326 e. The predicted octanol–water partition coefficient (Wildman–Crippen LogP) is 2.04. The van der Waals surface area contributed by atoms with E-state index in [9.17, 15) is 13.2 Å². The number of sulfonamides is 1. The average molecular weight is 371 g/mol. The number of hydrogen-bond donors (Lipinski definition) is 3. The van der Waals surface area contributed by atoms with Crippen molar-refractivity contribution in [2.24, 2.45) is 0 Å². The van der Waals surface area contributed by atoms with Crippen LogP contribution in [-0.4, -0.2) is 14.3 Å². The number of carbonyl (C=O) groups excluding carboxylic acids is 1. The molecule has 0 aromatic heterocycles. The zero-order valence-electron chi connectivity index (χ0n) is 14.3.